The fourth-order valence-electron chi connectivity index (χ4n) is 1.77. The van der Waals surface area contributed by atoms with Gasteiger partial charge in [0.05, 0.1) is 5.60 Å². The van der Waals surface area contributed by atoms with Gasteiger partial charge in [0.15, 0.2) is 0 Å². The average molecular weight is 271 g/mol. The van der Waals surface area contributed by atoms with Crippen LogP contribution in [0.4, 0.5) is 5.82 Å². The third-order valence-electron chi connectivity index (χ3n) is 2.88. The molecular weight excluding hydrogens is 256 g/mol. The van der Waals surface area contributed by atoms with Crippen LogP contribution in [0.15, 0.2) is 22.8 Å². The van der Waals surface area contributed by atoms with Gasteiger partial charge in [-0.1, -0.05) is 0 Å². The Morgan fingerprint density at radius 3 is 2.60 bits per heavy atom. The van der Waals surface area contributed by atoms with Crippen LogP contribution in [0, 0.1) is 0 Å². The Hall–Kier alpha value is -0.610. The van der Waals surface area contributed by atoms with Crippen molar-refractivity contribution in [2.24, 2.45) is 0 Å². The highest BCUT2D eigenvalue weighted by atomic mass is 79.9. The lowest BCUT2D eigenvalue weighted by atomic mass is 9.94. The summed E-state index contributed by atoms with van der Waals surface area (Å²) in [6.07, 6.45) is 3.43. The van der Waals surface area contributed by atoms with Crippen LogP contribution in [0.25, 0.3) is 0 Å². The minimum absolute atomic E-state index is 0.494. The van der Waals surface area contributed by atoms with E-state index in [-0.39, 0.29) is 0 Å². The van der Waals surface area contributed by atoms with Crippen LogP contribution >= 0.6 is 15.9 Å². The first kappa shape index (κ1) is 10.9. The van der Waals surface area contributed by atoms with Crippen LogP contribution in [-0.4, -0.2) is 28.8 Å². The highest BCUT2D eigenvalue weighted by molar-refractivity contribution is 9.10. The minimum Gasteiger partial charge on any atom is -0.390 e. The Labute approximate surface area is 98.3 Å². The van der Waals surface area contributed by atoms with Crippen LogP contribution in [0.1, 0.15) is 19.8 Å². The first-order valence-electron chi connectivity index (χ1n) is 5.16. The van der Waals surface area contributed by atoms with Crippen molar-refractivity contribution >= 4 is 21.7 Å². The Morgan fingerprint density at radius 1 is 1.40 bits per heavy atom. The quantitative estimate of drug-likeness (QED) is 0.850. The molecule has 0 aromatic carbocycles. The first-order chi connectivity index (χ1) is 7.07. The molecule has 0 amide bonds. The van der Waals surface area contributed by atoms with Crippen LogP contribution in [-0.2, 0) is 0 Å². The molecule has 0 spiro atoms. The third-order valence-corrected chi connectivity index (χ3v) is 3.35. The highest BCUT2D eigenvalue weighted by Crippen LogP contribution is 2.24. The Morgan fingerprint density at radius 2 is 2.07 bits per heavy atom. The summed E-state index contributed by atoms with van der Waals surface area (Å²) in [5.74, 6) is 0.994. The maximum atomic E-state index is 9.83. The number of hydrogen-bond donors (Lipinski definition) is 1. The van der Waals surface area contributed by atoms with Gasteiger partial charge >= 0.3 is 0 Å². The zero-order chi connectivity index (χ0) is 10.9. The van der Waals surface area contributed by atoms with Gasteiger partial charge < -0.3 is 10.0 Å². The van der Waals surface area contributed by atoms with E-state index in [4.69, 9.17) is 0 Å². The van der Waals surface area contributed by atoms with Gasteiger partial charge in [-0.3, -0.25) is 0 Å². The van der Waals surface area contributed by atoms with Gasteiger partial charge in [0.1, 0.15) is 5.82 Å². The second-order valence-electron chi connectivity index (χ2n) is 4.32. The molecule has 0 bridgehead atoms. The fourth-order valence-corrected chi connectivity index (χ4v) is 2.01. The summed E-state index contributed by atoms with van der Waals surface area (Å²) in [5.41, 5.74) is -0.494. The summed E-state index contributed by atoms with van der Waals surface area (Å²) < 4.78 is 0.996. The van der Waals surface area contributed by atoms with E-state index in [0.29, 0.717) is 0 Å². The SMILES string of the molecule is CC1(O)CCN(c2ccc(Br)cn2)CC1. The standard InChI is InChI=1S/C11H15BrN2O/c1-11(15)4-6-14(7-5-11)10-3-2-9(12)8-13-10/h2-3,8,15H,4-7H2,1H3. The van der Waals surface area contributed by atoms with Crippen LogP contribution in [0.2, 0.25) is 0 Å². The molecular formula is C11H15BrN2O. The van der Waals surface area contributed by atoms with E-state index in [1.807, 2.05) is 25.3 Å². The molecule has 0 saturated carbocycles. The number of aromatic nitrogens is 1. The predicted octanol–water partition coefficient (Wildman–Crippen LogP) is 2.20. The summed E-state index contributed by atoms with van der Waals surface area (Å²) in [4.78, 5) is 6.56. The van der Waals surface area contributed by atoms with E-state index >= 15 is 0 Å². The molecule has 2 rings (SSSR count). The van der Waals surface area contributed by atoms with E-state index in [9.17, 15) is 5.11 Å². The second kappa shape index (κ2) is 4.10. The molecule has 3 nitrogen and oxygen atoms in total. The average Bonchev–Trinajstić information content (AvgIpc) is 2.20. The van der Waals surface area contributed by atoms with Crippen molar-refractivity contribution in [1.29, 1.82) is 0 Å². The summed E-state index contributed by atoms with van der Waals surface area (Å²) in [6.45, 7) is 3.66. The van der Waals surface area contributed by atoms with Crippen molar-refractivity contribution in [2.45, 2.75) is 25.4 Å². The van der Waals surface area contributed by atoms with E-state index in [2.05, 4.69) is 25.8 Å². The predicted molar refractivity (Wildman–Crippen MR) is 64.0 cm³/mol. The van der Waals surface area contributed by atoms with E-state index in [0.717, 1.165) is 36.2 Å². The van der Waals surface area contributed by atoms with Crippen LogP contribution in [0.3, 0.4) is 0 Å². The molecule has 1 aromatic heterocycles. The molecule has 1 fully saturated rings. The van der Waals surface area contributed by atoms with Crippen LogP contribution in [0.5, 0.6) is 0 Å². The molecule has 0 unspecified atom stereocenters. The summed E-state index contributed by atoms with van der Waals surface area (Å²) >= 11 is 3.37. The number of halogens is 1. The molecule has 1 aliphatic heterocycles. The minimum atomic E-state index is -0.494. The van der Waals surface area contributed by atoms with Crippen molar-refractivity contribution in [3.63, 3.8) is 0 Å². The van der Waals surface area contributed by atoms with Crippen molar-refractivity contribution in [3.05, 3.63) is 22.8 Å². The van der Waals surface area contributed by atoms with E-state index in [1.165, 1.54) is 0 Å². The molecule has 4 heteroatoms. The molecule has 2 heterocycles. The molecule has 0 aliphatic carbocycles. The van der Waals surface area contributed by atoms with Gasteiger partial charge in [-0.15, -0.1) is 0 Å². The largest absolute Gasteiger partial charge is 0.390 e. The van der Waals surface area contributed by atoms with Crippen molar-refractivity contribution in [2.75, 3.05) is 18.0 Å². The number of pyridine rings is 1. The smallest absolute Gasteiger partial charge is 0.128 e. The second-order valence-corrected chi connectivity index (χ2v) is 5.23. The molecule has 1 saturated heterocycles. The monoisotopic (exact) mass is 270 g/mol. The Bertz CT molecular complexity index is 327. The Kier molecular flexibility index (Phi) is 2.98. The summed E-state index contributed by atoms with van der Waals surface area (Å²) in [5, 5.41) is 9.83. The fraction of sp³-hybridized carbons (Fsp3) is 0.545. The van der Waals surface area contributed by atoms with Gasteiger partial charge in [-0.05, 0) is 47.8 Å². The molecule has 1 aliphatic rings. The highest BCUT2D eigenvalue weighted by Gasteiger charge is 2.27. The lowest BCUT2D eigenvalue weighted by Gasteiger charge is -2.36. The molecule has 15 heavy (non-hydrogen) atoms. The lowest BCUT2D eigenvalue weighted by molar-refractivity contribution is 0.0350. The number of anilines is 1. The number of rotatable bonds is 1. The number of piperidine rings is 1. The zero-order valence-electron chi connectivity index (χ0n) is 8.78. The number of hydrogen-bond acceptors (Lipinski definition) is 3. The molecule has 0 atom stereocenters. The summed E-state index contributed by atoms with van der Waals surface area (Å²) in [7, 11) is 0. The topological polar surface area (TPSA) is 36.4 Å². The van der Waals surface area contributed by atoms with Gasteiger partial charge in [-0.2, -0.15) is 0 Å². The van der Waals surface area contributed by atoms with Crippen molar-refractivity contribution < 1.29 is 5.11 Å². The van der Waals surface area contributed by atoms with Gasteiger partial charge in [0, 0.05) is 23.8 Å². The number of nitrogens with zero attached hydrogens (tertiary/aromatic N) is 2. The van der Waals surface area contributed by atoms with Crippen molar-refractivity contribution in [1.82, 2.24) is 4.98 Å². The number of aliphatic hydroxyl groups is 1. The van der Waals surface area contributed by atoms with E-state index in [1.54, 1.807) is 0 Å². The zero-order valence-corrected chi connectivity index (χ0v) is 10.4. The maximum Gasteiger partial charge on any atom is 0.128 e. The van der Waals surface area contributed by atoms with Crippen molar-refractivity contribution in [3.8, 4) is 0 Å². The normalized spacial score (nSPS) is 20.3. The van der Waals surface area contributed by atoms with Gasteiger partial charge in [0.25, 0.3) is 0 Å². The Balaban J connectivity index is 2.04. The summed E-state index contributed by atoms with van der Waals surface area (Å²) in [6, 6.07) is 4.00. The van der Waals surface area contributed by atoms with Gasteiger partial charge in [0.2, 0.25) is 0 Å². The molecule has 1 N–H and O–H groups in total. The third kappa shape index (κ3) is 2.69. The van der Waals surface area contributed by atoms with E-state index < -0.39 is 5.60 Å². The molecule has 1 aromatic rings. The van der Waals surface area contributed by atoms with Gasteiger partial charge in [-0.25, -0.2) is 4.98 Å². The molecule has 0 radical (unpaired) electrons. The maximum absolute atomic E-state index is 9.83. The van der Waals surface area contributed by atoms with Crippen LogP contribution < -0.4 is 4.90 Å². The lowest BCUT2D eigenvalue weighted by Crippen LogP contribution is -2.42. The molecule has 82 valence electrons. The first-order valence-corrected chi connectivity index (χ1v) is 5.95.